The highest BCUT2D eigenvalue weighted by Gasteiger charge is 2.31. The predicted octanol–water partition coefficient (Wildman–Crippen LogP) is 1.36. The van der Waals surface area contributed by atoms with Gasteiger partial charge in [-0.3, -0.25) is 4.99 Å². The Morgan fingerprint density at radius 3 is 3.29 bits per heavy atom. The highest BCUT2D eigenvalue weighted by molar-refractivity contribution is 6.02. The summed E-state index contributed by atoms with van der Waals surface area (Å²) >= 11 is 0. The lowest BCUT2D eigenvalue weighted by Crippen LogP contribution is -1.79. The van der Waals surface area contributed by atoms with Crippen LogP contribution >= 0.6 is 0 Å². The van der Waals surface area contributed by atoms with Crippen molar-refractivity contribution in [1.29, 1.82) is 0 Å². The van der Waals surface area contributed by atoms with E-state index in [1.165, 1.54) is 18.6 Å². The Hall–Kier alpha value is -0.590. The number of fused-ring (bicyclic) bond motifs is 1. The zero-order valence-corrected chi connectivity index (χ0v) is 4.09. The minimum Gasteiger partial charge on any atom is -0.266 e. The summed E-state index contributed by atoms with van der Waals surface area (Å²) in [7, 11) is 0. The molecule has 36 valence electrons. The summed E-state index contributed by atoms with van der Waals surface area (Å²) in [6, 6.07) is 0. The minimum absolute atomic E-state index is 0.866. The summed E-state index contributed by atoms with van der Waals surface area (Å²) in [5, 5.41) is 0. The number of hydrogen-bond donors (Lipinski definition) is 0. The van der Waals surface area contributed by atoms with Crippen molar-refractivity contribution in [2.24, 2.45) is 10.9 Å². The standard InChI is InChI=1S/C6H7N/c1-2-5-4-6(5)7-3-1/h1,3,5H,2,4H2. The summed E-state index contributed by atoms with van der Waals surface area (Å²) in [5.41, 5.74) is 1.42. The molecule has 1 heterocycles. The molecule has 0 N–H and O–H groups in total. The summed E-state index contributed by atoms with van der Waals surface area (Å²) in [6.45, 7) is 0. The fraction of sp³-hybridized carbons (Fsp3) is 0.500. The Balaban J connectivity index is 2.31. The third kappa shape index (κ3) is 0.408. The number of aliphatic imine (C=N–C) groups is 1. The van der Waals surface area contributed by atoms with Crippen LogP contribution in [0.2, 0.25) is 0 Å². The van der Waals surface area contributed by atoms with Gasteiger partial charge < -0.3 is 0 Å². The fourth-order valence-electron chi connectivity index (χ4n) is 0.945. The SMILES string of the molecule is C1=CN=C2CC2C1. The van der Waals surface area contributed by atoms with Gasteiger partial charge in [-0.15, -0.1) is 0 Å². The van der Waals surface area contributed by atoms with Crippen molar-refractivity contribution in [3.8, 4) is 0 Å². The molecule has 1 heteroatoms. The number of hydrogen-bond acceptors (Lipinski definition) is 1. The van der Waals surface area contributed by atoms with Crippen LogP contribution in [-0.4, -0.2) is 5.71 Å². The maximum absolute atomic E-state index is 4.14. The van der Waals surface area contributed by atoms with Crippen LogP contribution in [0.4, 0.5) is 0 Å². The summed E-state index contributed by atoms with van der Waals surface area (Å²) in [5.74, 6) is 0.866. The van der Waals surface area contributed by atoms with Crippen molar-refractivity contribution in [2.75, 3.05) is 0 Å². The van der Waals surface area contributed by atoms with Gasteiger partial charge in [0.25, 0.3) is 0 Å². The lowest BCUT2D eigenvalue weighted by Gasteiger charge is -1.87. The van der Waals surface area contributed by atoms with Crippen molar-refractivity contribution >= 4 is 5.71 Å². The van der Waals surface area contributed by atoms with E-state index in [1.54, 1.807) is 0 Å². The molecule has 2 aliphatic rings. The molecule has 7 heavy (non-hydrogen) atoms. The Bertz CT molecular complexity index is 144. The zero-order chi connectivity index (χ0) is 4.69. The molecule has 1 fully saturated rings. The average Bonchev–Trinajstić information content (AvgIpc) is 2.41. The van der Waals surface area contributed by atoms with E-state index in [4.69, 9.17) is 0 Å². The molecule has 1 saturated carbocycles. The molecule has 0 aromatic heterocycles. The molecule has 0 aromatic rings. The van der Waals surface area contributed by atoms with Crippen molar-refractivity contribution < 1.29 is 0 Å². The molecule has 0 spiro atoms. The van der Waals surface area contributed by atoms with E-state index in [9.17, 15) is 0 Å². The first-order chi connectivity index (χ1) is 3.47. The van der Waals surface area contributed by atoms with E-state index in [0.29, 0.717) is 0 Å². The Kier molecular flexibility index (Phi) is 0.474. The van der Waals surface area contributed by atoms with Crippen LogP contribution in [0.15, 0.2) is 17.3 Å². The lowest BCUT2D eigenvalue weighted by atomic mass is 10.3. The van der Waals surface area contributed by atoms with Gasteiger partial charge in [0.05, 0.1) is 0 Å². The van der Waals surface area contributed by atoms with E-state index in [2.05, 4.69) is 11.1 Å². The van der Waals surface area contributed by atoms with E-state index in [-0.39, 0.29) is 0 Å². The first-order valence-corrected chi connectivity index (χ1v) is 2.68. The molecule has 2 rings (SSSR count). The van der Waals surface area contributed by atoms with Crippen LogP contribution in [-0.2, 0) is 0 Å². The fourth-order valence-corrected chi connectivity index (χ4v) is 0.945. The molecule has 0 aromatic carbocycles. The molecule has 1 aliphatic carbocycles. The van der Waals surface area contributed by atoms with Gasteiger partial charge in [-0.2, -0.15) is 0 Å². The van der Waals surface area contributed by atoms with Gasteiger partial charge in [-0.05, 0) is 12.8 Å². The van der Waals surface area contributed by atoms with Crippen molar-refractivity contribution in [1.82, 2.24) is 0 Å². The topological polar surface area (TPSA) is 12.4 Å². The molecule has 0 bridgehead atoms. The van der Waals surface area contributed by atoms with Gasteiger partial charge in [-0.1, -0.05) is 6.08 Å². The Labute approximate surface area is 42.8 Å². The molecule has 1 atom stereocenters. The monoisotopic (exact) mass is 93.1 g/mol. The van der Waals surface area contributed by atoms with Crippen LogP contribution in [0, 0.1) is 5.92 Å². The van der Waals surface area contributed by atoms with Crippen LogP contribution in [0.1, 0.15) is 12.8 Å². The van der Waals surface area contributed by atoms with Crippen molar-refractivity contribution in [2.45, 2.75) is 12.8 Å². The summed E-state index contributed by atoms with van der Waals surface area (Å²) < 4.78 is 0. The second-order valence-corrected chi connectivity index (χ2v) is 2.14. The van der Waals surface area contributed by atoms with Crippen LogP contribution in [0.25, 0.3) is 0 Å². The van der Waals surface area contributed by atoms with Gasteiger partial charge in [-0.25, -0.2) is 0 Å². The molecule has 0 radical (unpaired) electrons. The third-order valence-electron chi connectivity index (χ3n) is 1.53. The number of nitrogens with zero attached hydrogens (tertiary/aromatic N) is 1. The smallest absolute Gasteiger partial charge is 0.0227 e. The van der Waals surface area contributed by atoms with Crippen LogP contribution in [0.3, 0.4) is 0 Å². The second-order valence-electron chi connectivity index (χ2n) is 2.14. The van der Waals surface area contributed by atoms with Gasteiger partial charge in [0, 0.05) is 17.8 Å². The van der Waals surface area contributed by atoms with Gasteiger partial charge in [0.1, 0.15) is 0 Å². The van der Waals surface area contributed by atoms with Gasteiger partial charge in [0.15, 0.2) is 0 Å². The van der Waals surface area contributed by atoms with E-state index in [1.807, 2.05) is 6.20 Å². The lowest BCUT2D eigenvalue weighted by molar-refractivity contribution is 0.900. The Morgan fingerprint density at radius 2 is 2.71 bits per heavy atom. The van der Waals surface area contributed by atoms with Crippen molar-refractivity contribution in [3.63, 3.8) is 0 Å². The second kappa shape index (κ2) is 0.971. The third-order valence-corrected chi connectivity index (χ3v) is 1.53. The molecule has 0 amide bonds. The normalized spacial score (nSPS) is 34.3. The molecule has 0 saturated heterocycles. The van der Waals surface area contributed by atoms with Gasteiger partial charge >= 0.3 is 0 Å². The van der Waals surface area contributed by atoms with Gasteiger partial charge in [0.2, 0.25) is 0 Å². The average molecular weight is 93.1 g/mol. The number of allylic oxidation sites excluding steroid dienone is 1. The quantitative estimate of drug-likeness (QED) is 0.429. The first-order valence-electron chi connectivity index (χ1n) is 2.68. The molecular weight excluding hydrogens is 86.1 g/mol. The maximum atomic E-state index is 4.14. The summed E-state index contributed by atoms with van der Waals surface area (Å²) in [6.07, 6.45) is 6.58. The van der Waals surface area contributed by atoms with Crippen molar-refractivity contribution in [3.05, 3.63) is 12.3 Å². The largest absolute Gasteiger partial charge is 0.266 e. The number of rotatable bonds is 0. The molecular formula is C6H7N. The Morgan fingerprint density at radius 1 is 1.71 bits per heavy atom. The summed E-state index contributed by atoms with van der Waals surface area (Å²) in [4.78, 5) is 4.14. The van der Waals surface area contributed by atoms with Crippen LogP contribution in [0.5, 0.6) is 0 Å². The van der Waals surface area contributed by atoms with E-state index < -0.39 is 0 Å². The highest BCUT2D eigenvalue weighted by atomic mass is 14.8. The maximum Gasteiger partial charge on any atom is 0.0227 e. The first kappa shape index (κ1) is 3.42. The highest BCUT2D eigenvalue weighted by Crippen LogP contribution is 2.32. The van der Waals surface area contributed by atoms with Crippen LogP contribution < -0.4 is 0 Å². The molecule has 1 nitrogen and oxygen atoms in total. The predicted molar refractivity (Wildman–Crippen MR) is 29.3 cm³/mol. The minimum atomic E-state index is 0.866. The molecule has 1 aliphatic heterocycles. The zero-order valence-electron chi connectivity index (χ0n) is 4.09. The van der Waals surface area contributed by atoms with E-state index >= 15 is 0 Å². The van der Waals surface area contributed by atoms with E-state index in [0.717, 1.165) is 5.92 Å². The molecule has 1 unspecified atom stereocenters.